The number of anilines is 1. The fourth-order valence-corrected chi connectivity index (χ4v) is 3.86. The van der Waals surface area contributed by atoms with Gasteiger partial charge in [-0.15, -0.1) is 0 Å². The Balaban J connectivity index is 1.50. The van der Waals surface area contributed by atoms with E-state index in [0.717, 1.165) is 54.5 Å². The molecule has 1 aliphatic rings. The fraction of sp³-hybridized carbons (Fsp3) is 0.364. The number of hydrogen-bond donors (Lipinski definition) is 1. The highest BCUT2D eigenvalue weighted by Gasteiger charge is 2.22. The summed E-state index contributed by atoms with van der Waals surface area (Å²) in [7, 11) is 0. The lowest BCUT2D eigenvalue weighted by molar-refractivity contribution is 0.223. The average molecular weight is 413 g/mol. The molecule has 4 rings (SSSR count). The summed E-state index contributed by atoms with van der Waals surface area (Å²) in [5, 5.41) is 0.659. The van der Waals surface area contributed by atoms with Gasteiger partial charge in [0.25, 0.3) is 5.56 Å². The molecule has 29 heavy (non-hydrogen) atoms. The van der Waals surface area contributed by atoms with E-state index in [1.165, 1.54) is 0 Å². The number of rotatable bonds is 6. The first-order valence-corrected chi connectivity index (χ1v) is 10.4. The predicted molar refractivity (Wildman–Crippen MR) is 115 cm³/mol. The third-order valence-corrected chi connectivity index (χ3v) is 5.62. The number of H-pyrrole nitrogens is 1. The zero-order valence-electron chi connectivity index (χ0n) is 16.7. The highest BCUT2D eigenvalue weighted by atomic mass is 35.5. The number of nitrogens with one attached hydrogen (secondary N) is 1. The van der Waals surface area contributed by atoms with Gasteiger partial charge in [0.1, 0.15) is 11.6 Å². The number of furan rings is 1. The van der Waals surface area contributed by atoms with E-state index in [4.69, 9.17) is 21.0 Å². The highest BCUT2D eigenvalue weighted by molar-refractivity contribution is 6.30. The van der Waals surface area contributed by atoms with Crippen molar-refractivity contribution in [2.75, 3.05) is 24.5 Å². The maximum absolute atomic E-state index is 12.7. The van der Waals surface area contributed by atoms with Gasteiger partial charge in [0.05, 0.1) is 17.8 Å². The van der Waals surface area contributed by atoms with Gasteiger partial charge >= 0.3 is 0 Å². The van der Waals surface area contributed by atoms with Crippen LogP contribution in [-0.4, -0.2) is 34.5 Å². The summed E-state index contributed by atoms with van der Waals surface area (Å²) in [6.07, 6.45) is 0.740. The first-order valence-electron chi connectivity index (χ1n) is 10.0. The second-order valence-corrected chi connectivity index (χ2v) is 7.66. The Morgan fingerprint density at radius 2 is 1.93 bits per heavy atom. The van der Waals surface area contributed by atoms with Crippen LogP contribution in [-0.2, 0) is 19.5 Å². The Morgan fingerprint density at radius 1 is 1.17 bits per heavy atom. The summed E-state index contributed by atoms with van der Waals surface area (Å²) >= 11 is 5.96. The van der Waals surface area contributed by atoms with Crippen LogP contribution in [0.4, 0.5) is 5.88 Å². The summed E-state index contributed by atoms with van der Waals surface area (Å²) in [6, 6.07) is 11.4. The monoisotopic (exact) mass is 412 g/mol. The molecular weight excluding hydrogens is 388 g/mol. The standard InChI is InChI=1S/C22H25ClN4O2/c1-3-27(4-2)20-10-9-17(29-20)13-26-12-11-19-18(14-26)22(28)25-21(24-19)15-5-7-16(23)8-6-15/h5-10H,3-4,11-14H2,1-2H3,(H,24,25,28). The molecule has 3 heterocycles. The molecule has 6 nitrogen and oxygen atoms in total. The summed E-state index contributed by atoms with van der Waals surface area (Å²) in [6.45, 7) is 8.15. The molecule has 0 spiro atoms. The van der Waals surface area contributed by atoms with Crippen molar-refractivity contribution in [3.05, 3.63) is 68.8 Å². The van der Waals surface area contributed by atoms with Gasteiger partial charge in [-0.1, -0.05) is 11.6 Å². The van der Waals surface area contributed by atoms with E-state index in [1.54, 1.807) is 12.1 Å². The van der Waals surface area contributed by atoms with Gasteiger partial charge in [0.2, 0.25) is 0 Å². The lowest BCUT2D eigenvalue weighted by Gasteiger charge is -2.27. The second-order valence-electron chi connectivity index (χ2n) is 7.22. The summed E-state index contributed by atoms with van der Waals surface area (Å²) < 4.78 is 6.01. The van der Waals surface area contributed by atoms with E-state index in [-0.39, 0.29) is 5.56 Å². The Bertz CT molecular complexity index is 1040. The van der Waals surface area contributed by atoms with E-state index < -0.39 is 0 Å². The third-order valence-electron chi connectivity index (χ3n) is 5.37. The SMILES string of the molecule is CCN(CC)c1ccc(CN2CCc3nc(-c4ccc(Cl)cc4)[nH]c(=O)c3C2)o1. The summed E-state index contributed by atoms with van der Waals surface area (Å²) in [4.78, 5) is 24.8. The van der Waals surface area contributed by atoms with Gasteiger partial charge < -0.3 is 14.3 Å². The van der Waals surface area contributed by atoms with E-state index in [0.29, 0.717) is 23.9 Å². The smallest absolute Gasteiger partial charge is 0.255 e. The molecular formula is C22H25ClN4O2. The maximum atomic E-state index is 12.7. The van der Waals surface area contributed by atoms with Gasteiger partial charge in [-0.25, -0.2) is 4.98 Å². The van der Waals surface area contributed by atoms with Crippen LogP contribution in [0.15, 0.2) is 45.6 Å². The highest BCUT2D eigenvalue weighted by Crippen LogP contribution is 2.23. The van der Waals surface area contributed by atoms with Crippen molar-refractivity contribution in [3.63, 3.8) is 0 Å². The van der Waals surface area contributed by atoms with Crippen LogP contribution in [0.25, 0.3) is 11.4 Å². The van der Waals surface area contributed by atoms with Gasteiger partial charge in [-0.2, -0.15) is 0 Å². The quantitative estimate of drug-likeness (QED) is 0.660. The van der Waals surface area contributed by atoms with Crippen LogP contribution in [0, 0.1) is 0 Å². The maximum Gasteiger partial charge on any atom is 0.255 e. The molecule has 1 aliphatic heterocycles. The minimum absolute atomic E-state index is 0.0760. The molecule has 0 aliphatic carbocycles. The number of benzene rings is 1. The van der Waals surface area contributed by atoms with Crippen LogP contribution in [0.1, 0.15) is 30.9 Å². The third kappa shape index (κ3) is 4.23. The molecule has 7 heteroatoms. The molecule has 0 unspecified atom stereocenters. The van der Waals surface area contributed by atoms with E-state index in [1.807, 2.05) is 24.3 Å². The zero-order valence-corrected chi connectivity index (χ0v) is 17.5. The largest absolute Gasteiger partial charge is 0.444 e. The van der Waals surface area contributed by atoms with Crippen LogP contribution < -0.4 is 10.5 Å². The van der Waals surface area contributed by atoms with E-state index in [2.05, 4.69) is 28.6 Å². The van der Waals surface area contributed by atoms with Gasteiger partial charge in [-0.05, 0) is 44.2 Å². The molecule has 0 atom stereocenters. The van der Waals surface area contributed by atoms with E-state index >= 15 is 0 Å². The molecule has 0 radical (unpaired) electrons. The van der Waals surface area contributed by atoms with Crippen molar-refractivity contribution in [1.29, 1.82) is 0 Å². The topological polar surface area (TPSA) is 65.4 Å². The zero-order chi connectivity index (χ0) is 20.4. The molecule has 0 bridgehead atoms. The first-order chi connectivity index (χ1) is 14.1. The molecule has 0 saturated carbocycles. The molecule has 1 N–H and O–H groups in total. The predicted octanol–water partition coefficient (Wildman–Crippen LogP) is 4.09. The van der Waals surface area contributed by atoms with Gasteiger partial charge in [0, 0.05) is 49.3 Å². The number of aromatic amines is 1. The summed E-state index contributed by atoms with van der Waals surface area (Å²) in [5.41, 5.74) is 2.40. The van der Waals surface area contributed by atoms with Crippen molar-refractivity contribution in [2.24, 2.45) is 0 Å². The van der Waals surface area contributed by atoms with Crippen molar-refractivity contribution >= 4 is 17.5 Å². The lowest BCUT2D eigenvalue weighted by atomic mass is 10.1. The Labute approximate surface area is 175 Å². The number of hydrogen-bond acceptors (Lipinski definition) is 5. The molecule has 0 amide bonds. The molecule has 1 aromatic carbocycles. The Morgan fingerprint density at radius 3 is 2.66 bits per heavy atom. The normalized spacial score (nSPS) is 14.0. The van der Waals surface area contributed by atoms with Crippen LogP contribution >= 0.6 is 11.6 Å². The molecule has 0 fully saturated rings. The first kappa shape index (κ1) is 19.7. The summed E-state index contributed by atoms with van der Waals surface area (Å²) in [5.74, 6) is 2.40. The van der Waals surface area contributed by atoms with Gasteiger partial charge in [-0.3, -0.25) is 9.69 Å². The van der Waals surface area contributed by atoms with Gasteiger partial charge in [0.15, 0.2) is 5.88 Å². The molecule has 152 valence electrons. The van der Waals surface area contributed by atoms with Crippen molar-refractivity contribution in [1.82, 2.24) is 14.9 Å². The van der Waals surface area contributed by atoms with E-state index in [9.17, 15) is 4.79 Å². The molecule has 3 aromatic rings. The Hall–Kier alpha value is -2.57. The molecule has 2 aromatic heterocycles. The van der Waals surface area contributed by atoms with Crippen LogP contribution in [0.5, 0.6) is 0 Å². The average Bonchev–Trinajstić information content (AvgIpc) is 3.18. The minimum Gasteiger partial charge on any atom is -0.444 e. The Kier molecular flexibility index (Phi) is 5.74. The van der Waals surface area contributed by atoms with Crippen LogP contribution in [0.2, 0.25) is 5.02 Å². The lowest BCUT2D eigenvalue weighted by Crippen LogP contribution is -2.35. The van der Waals surface area contributed by atoms with Crippen molar-refractivity contribution in [2.45, 2.75) is 33.4 Å². The number of fused-ring (bicyclic) bond motifs is 1. The van der Waals surface area contributed by atoms with Crippen LogP contribution in [0.3, 0.4) is 0 Å². The van der Waals surface area contributed by atoms with Crippen molar-refractivity contribution in [3.8, 4) is 11.4 Å². The molecule has 0 saturated heterocycles. The fourth-order valence-electron chi connectivity index (χ4n) is 3.74. The number of nitrogens with zero attached hydrogens (tertiary/aromatic N) is 3. The minimum atomic E-state index is -0.0760. The number of aromatic nitrogens is 2. The second kappa shape index (κ2) is 8.43. The van der Waals surface area contributed by atoms with Crippen molar-refractivity contribution < 1.29 is 4.42 Å². The number of halogens is 1.